The van der Waals surface area contributed by atoms with Gasteiger partial charge in [-0.3, -0.25) is 29.0 Å². The van der Waals surface area contributed by atoms with E-state index >= 15 is 0 Å². The van der Waals surface area contributed by atoms with Gasteiger partial charge in [0.25, 0.3) is 0 Å². The number of carbonyl (C=O) groups is 4. The van der Waals surface area contributed by atoms with Crippen LogP contribution in [0.3, 0.4) is 0 Å². The first-order valence-electron chi connectivity index (χ1n) is 10.1. The lowest BCUT2D eigenvalue weighted by Crippen LogP contribution is -2.32. The molecule has 0 radical (unpaired) electrons. The highest BCUT2D eigenvalue weighted by Crippen LogP contribution is 2.29. The first-order chi connectivity index (χ1) is 12.7. The van der Waals surface area contributed by atoms with Crippen LogP contribution in [0.2, 0.25) is 18.6 Å². The van der Waals surface area contributed by atoms with Crippen LogP contribution in [0.1, 0.15) is 52.4 Å². The van der Waals surface area contributed by atoms with Crippen LogP contribution in [0, 0.1) is 11.8 Å². The van der Waals surface area contributed by atoms with Crippen LogP contribution in [0.5, 0.6) is 0 Å². The summed E-state index contributed by atoms with van der Waals surface area (Å²) in [6.45, 7) is 6.38. The minimum absolute atomic E-state index is 0.0753. The van der Waals surface area contributed by atoms with E-state index < -0.39 is 8.32 Å². The Balaban J connectivity index is 1.70. The zero-order valence-corrected chi connectivity index (χ0v) is 17.7. The van der Waals surface area contributed by atoms with Gasteiger partial charge in [-0.25, -0.2) is 0 Å². The zero-order valence-electron chi connectivity index (χ0n) is 16.7. The molecule has 1 N–H and O–H groups in total. The Hall–Kier alpha value is -1.54. The molecule has 8 heteroatoms. The molecule has 0 bridgehead atoms. The summed E-state index contributed by atoms with van der Waals surface area (Å²) in [5.41, 5.74) is 0. The maximum absolute atomic E-state index is 12.1. The van der Waals surface area contributed by atoms with E-state index in [0.717, 1.165) is 12.8 Å². The molecule has 0 saturated carbocycles. The van der Waals surface area contributed by atoms with Gasteiger partial charge in [0.1, 0.15) is 0 Å². The molecule has 0 aromatic carbocycles. The maximum atomic E-state index is 12.1. The van der Waals surface area contributed by atoms with E-state index in [1.807, 2.05) is 6.55 Å². The molecular weight excluding hydrogens is 364 g/mol. The van der Waals surface area contributed by atoms with Gasteiger partial charge < -0.3 is 4.80 Å². The van der Waals surface area contributed by atoms with Crippen LogP contribution in [0.15, 0.2) is 0 Å². The summed E-state index contributed by atoms with van der Waals surface area (Å²) < 4.78 is 0. The summed E-state index contributed by atoms with van der Waals surface area (Å²) in [7, 11) is -2.40. The molecule has 0 aromatic heterocycles. The minimum atomic E-state index is -2.40. The Morgan fingerprint density at radius 1 is 0.852 bits per heavy atom. The normalized spacial score (nSPS) is 25.6. The standard InChI is InChI=1S/C19H32N2O5Si/c1-4-20-16(22)12-14(18(20)24)8-6-10-27(3,26)11-7-9-15-13-17(23)21(5-2)19(15)25/h14-15,26H,4-13H2,1-3H3. The van der Waals surface area contributed by atoms with E-state index in [9.17, 15) is 24.0 Å². The topological polar surface area (TPSA) is 95.0 Å². The lowest BCUT2D eigenvalue weighted by Gasteiger charge is -2.21. The summed E-state index contributed by atoms with van der Waals surface area (Å²) in [6.07, 6.45) is 3.36. The summed E-state index contributed by atoms with van der Waals surface area (Å²) in [5.74, 6) is -0.794. The monoisotopic (exact) mass is 396 g/mol. The molecule has 0 aromatic rings. The highest BCUT2D eigenvalue weighted by Gasteiger charge is 2.38. The molecule has 2 aliphatic rings. The van der Waals surface area contributed by atoms with Crippen molar-refractivity contribution in [1.29, 1.82) is 0 Å². The lowest BCUT2D eigenvalue weighted by atomic mass is 10.0. The molecule has 0 aliphatic carbocycles. The molecule has 0 spiro atoms. The van der Waals surface area contributed by atoms with Crippen LogP contribution in [0.25, 0.3) is 0 Å². The molecule has 2 rings (SSSR count). The number of carbonyl (C=O) groups excluding carboxylic acids is 4. The van der Waals surface area contributed by atoms with Gasteiger partial charge in [-0.05, 0) is 45.3 Å². The highest BCUT2D eigenvalue weighted by molar-refractivity contribution is 6.71. The molecule has 152 valence electrons. The van der Waals surface area contributed by atoms with Crippen molar-refractivity contribution < 1.29 is 24.0 Å². The first-order valence-corrected chi connectivity index (χ1v) is 13.0. The Morgan fingerprint density at radius 2 is 1.22 bits per heavy atom. The first kappa shape index (κ1) is 21.8. The fourth-order valence-electron chi connectivity index (χ4n) is 4.20. The van der Waals surface area contributed by atoms with Crippen LogP contribution in [-0.2, 0) is 19.2 Å². The van der Waals surface area contributed by atoms with E-state index in [4.69, 9.17) is 0 Å². The predicted molar refractivity (Wildman–Crippen MR) is 103 cm³/mol. The summed E-state index contributed by atoms with van der Waals surface area (Å²) in [6, 6.07) is 1.38. The van der Waals surface area contributed by atoms with Crippen LogP contribution >= 0.6 is 0 Å². The number of imide groups is 2. The fourth-order valence-corrected chi connectivity index (χ4v) is 6.38. The third-order valence-corrected chi connectivity index (χ3v) is 8.70. The average molecular weight is 397 g/mol. The molecular formula is C19H32N2O5Si. The molecule has 2 saturated heterocycles. The van der Waals surface area contributed by atoms with Crippen molar-refractivity contribution in [2.24, 2.45) is 11.8 Å². The molecule has 27 heavy (non-hydrogen) atoms. The molecule has 2 unspecified atom stereocenters. The van der Waals surface area contributed by atoms with Crippen molar-refractivity contribution in [3.8, 4) is 0 Å². The van der Waals surface area contributed by atoms with Gasteiger partial charge in [-0.1, -0.05) is 12.8 Å². The van der Waals surface area contributed by atoms with Gasteiger partial charge in [-0.2, -0.15) is 0 Å². The van der Waals surface area contributed by atoms with E-state index in [0.29, 0.717) is 50.9 Å². The number of hydrogen-bond acceptors (Lipinski definition) is 5. The fraction of sp³-hybridized carbons (Fsp3) is 0.789. The van der Waals surface area contributed by atoms with Gasteiger partial charge >= 0.3 is 0 Å². The zero-order chi connectivity index (χ0) is 20.2. The molecule has 2 heterocycles. The van der Waals surface area contributed by atoms with Gasteiger partial charge in [-0.15, -0.1) is 0 Å². The summed E-state index contributed by atoms with van der Waals surface area (Å²) in [5, 5.41) is 0. The van der Waals surface area contributed by atoms with Gasteiger partial charge in [0.15, 0.2) is 8.32 Å². The minimum Gasteiger partial charge on any atom is -0.432 e. The van der Waals surface area contributed by atoms with Crippen molar-refractivity contribution in [3.63, 3.8) is 0 Å². The van der Waals surface area contributed by atoms with Crippen LogP contribution < -0.4 is 0 Å². The largest absolute Gasteiger partial charge is 0.432 e. The van der Waals surface area contributed by atoms with Crippen molar-refractivity contribution in [2.75, 3.05) is 13.1 Å². The van der Waals surface area contributed by atoms with Gasteiger partial charge in [0, 0.05) is 37.8 Å². The predicted octanol–water partition coefficient (Wildman–Crippen LogP) is 1.90. The average Bonchev–Trinajstić information content (AvgIpc) is 3.02. The maximum Gasteiger partial charge on any atom is 0.232 e. The quantitative estimate of drug-likeness (QED) is 0.449. The Kier molecular flexibility index (Phi) is 7.33. The second-order valence-electron chi connectivity index (χ2n) is 8.04. The van der Waals surface area contributed by atoms with E-state index in [1.165, 1.54) is 9.80 Å². The number of rotatable bonds is 10. The molecule has 4 amide bonds. The van der Waals surface area contributed by atoms with E-state index in [2.05, 4.69) is 0 Å². The van der Waals surface area contributed by atoms with Gasteiger partial charge in [0.2, 0.25) is 23.6 Å². The smallest absolute Gasteiger partial charge is 0.232 e. The van der Waals surface area contributed by atoms with Crippen molar-refractivity contribution >= 4 is 31.9 Å². The highest BCUT2D eigenvalue weighted by atomic mass is 28.4. The van der Waals surface area contributed by atoms with Crippen molar-refractivity contribution in [3.05, 3.63) is 0 Å². The van der Waals surface area contributed by atoms with Crippen molar-refractivity contribution in [1.82, 2.24) is 9.80 Å². The Morgan fingerprint density at radius 3 is 1.52 bits per heavy atom. The van der Waals surface area contributed by atoms with Crippen LogP contribution in [0.4, 0.5) is 0 Å². The molecule has 7 nitrogen and oxygen atoms in total. The number of likely N-dealkylation sites (tertiary alicyclic amines) is 2. The van der Waals surface area contributed by atoms with Gasteiger partial charge in [0.05, 0.1) is 0 Å². The SMILES string of the molecule is CCN1C(=O)CC(CCC[Si](C)(O)CCCC2CC(=O)N(CC)C2=O)C1=O. The third kappa shape index (κ3) is 5.25. The van der Waals surface area contributed by atoms with Crippen LogP contribution in [-0.4, -0.2) is 59.6 Å². The second kappa shape index (κ2) is 9.10. The number of hydrogen-bond donors (Lipinski definition) is 1. The lowest BCUT2D eigenvalue weighted by molar-refractivity contribution is -0.140. The second-order valence-corrected chi connectivity index (χ2v) is 12.0. The summed E-state index contributed by atoms with van der Waals surface area (Å²) >= 11 is 0. The number of amides is 4. The molecule has 2 atom stereocenters. The Bertz CT molecular complexity index is 557. The third-order valence-electron chi connectivity index (χ3n) is 5.84. The molecule has 2 fully saturated rings. The summed E-state index contributed by atoms with van der Waals surface area (Å²) in [4.78, 5) is 61.1. The van der Waals surface area contributed by atoms with E-state index in [-0.39, 0.29) is 35.5 Å². The Labute approximate surface area is 162 Å². The number of nitrogens with zero attached hydrogens (tertiary/aromatic N) is 2. The van der Waals surface area contributed by atoms with E-state index in [1.54, 1.807) is 13.8 Å². The molecule has 2 aliphatic heterocycles. The van der Waals surface area contributed by atoms with Crippen molar-refractivity contribution in [2.45, 2.75) is 71.0 Å².